The van der Waals surface area contributed by atoms with Crippen LogP contribution >= 0.6 is 0 Å². The molecule has 0 heterocycles. The molecule has 0 aliphatic heterocycles. The van der Waals surface area contributed by atoms with E-state index in [9.17, 15) is 4.39 Å². The molecule has 0 unspecified atom stereocenters. The molecule has 0 fully saturated rings. The van der Waals surface area contributed by atoms with Crippen LogP contribution in [0.4, 0.5) is 4.39 Å². The number of rotatable bonds is 5. The van der Waals surface area contributed by atoms with Gasteiger partial charge in [-0.1, -0.05) is 6.07 Å². The first kappa shape index (κ1) is 10.9. The molecule has 0 aliphatic carbocycles. The second kappa shape index (κ2) is 5.57. The summed E-state index contributed by atoms with van der Waals surface area (Å²) in [6.07, 6.45) is 0.698. The molecule has 4 heteroatoms. The minimum atomic E-state index is -0.304. The van der Waals surface area contributed by atoms with Gasteiger partial charge in [0, 0.05) is 19.7 Å². The van der Waals surface area contributed by atoms with E-state index in [0.29, 0.717) is 25.3 Å². The van der Waals surface area contributed by atoms with Gasteiger partial charge in [0.25, 0.3) is 0 Å². The standard InChI is InChI=1S/C10H14FNO2/c1-12(13)6-3-7-14-10-5-2-4-9(11)8-10/h2,4-5,8,13H,3,6-7H2,1H3. The van der Waals surface area contributed by atoms with Gasteiger partial charge in [-0.3, -0.25) is 0 Å². The fourth-order valence-corrected chi connectivity index (χ4v) is 1.04. The molecule has 14 heavy (non-hydrogen) atoms. The summed E-state index contributed by atoms with van der Waals surface area (Å²) in [6.45, 7) is 1.00. The summed E-state index contributed by atoms with van der Waals surface area (Å²) in [6, 6.07) is 6.01. The van der Waals surface area contributed by atoms with Crippen LogP contribution in [0, 0.1) is 5.82 Å². The molecule has 0 amide bonds. The normalized spacial score (nSPS) is 10.6. The van der Waals surface area contributed by atoms with Gasteiger partial charge in [-0.15, -0.1) is 0 Å². The molecule has 0 spiro atoms. The van der Waals surface area contributed by atoms with Crippen molar-refractivity contribution in [2.24, 2.45) is 0 Å². The third-order valence-electron chi connectivity index (χ3n) is 1.69. The van der Waals surface area contributed by atoms with Crippen LogP contribution < -0.4 is 4.74 Å². The van der Waals surface area contributed by atoms with Crippen LogP contribution in [0.2, 0.25) is 0 Å². The Morgan fingerprint density at radius 2 is 2.29 bits per heavy atom. The van der Waals surface area contributed by atoms with E-state index in [2.05, 4.69) is 0 Å². The zero-order valence-electron chi connectivity index (χ0n) is 8.11. The van der Waals surface area contributed by atoms with Gasteiger partial charge < -0.3 is 9.94 Å². The SMILES string of the molecule is CN(O)CCCOc1cccc(F)c1. The molecule has 0 radical (unpaired) electrons. The first-order valence-electron chi connectivity index (χ1n) is 4.47. The van der Waals surface area contributed by atoms with E-state index < -0.39 is 0 Å². The summed E-state index contributed by atoms with van der Waals surface area (Å²) >= 11 is 0. The minimum absolute atomic E-state index is 0.304. The third-order valence-corrected chi connectivity index (χ3v) is 1.69. The lowest BCUT2D eigenvalue weighted by molar-refractivity contribution is -0.0670. The summed E-state index contributed by atoms with van der Waals surface area (Å²) in [5.74, 6) is 0.215. The maximum atomic E-state index is 12.7. The van der Waals surface area contributed by atoms with Crippen molar-refractivity contribution in [2.75, 3.05) is 20.2 Å². The predicted molar refractivity (Wildman–Crippen MR) is 50.9 cm³/mol. The molecular weight excluding hydrogens is 185 g/mol. The number of nitrogens with zero attached hydrogens (tertiary/aromatic N) is 1. The molecule has 0 saturated heterocycles. The predicted octanol–water partition coefficient (Wildman–Crippen LogP) is 1.92. The highest BCUT2D eigenvalue weighted by atomic mass is 19.1. The molecule has 1 aromatic carbocycles. The van der Waals surface area contributed by atoms with Gasteiger partial charge in [0.2, 0.25) is 0 Å². The average molecular weight is 199 g/mol. The van der Waals surface area contributed by atoms with Crippen molar-refractivity contribution < 1.29 is 14.3 Å². The molecule has 1 N–H and O–H groups in total. The van der Waals surface area contributed by atoms with E-state index in [1.807, 2.05) is 0 Å². The molecule has 78 valence electrons. The van der Waals surface area contributed by atoms with Crippen molar-refractivity contribution in [3.05, 3.63) is 30.1 Å². The van der Waals surface area contributed by atoms with Gasteiger partial charge in [-0.2, -0.15) is 5.06 Å². The summed E-state index contributed by atoms with van der Waals surface area (Å²) in [5, 5.41) is 9.90. The molecule has 0 aliphatic rings. The molecule has 1 aromatic rings. The van der Waals surface area contributed by atoms with E-state index in [1.54, 1.807) is 19.2 Å². The molecular formula is C10H14FNO2. The quantitative estimate of drug-likeness (QED) is 0.581. The average Bonchev–Trinajstić information content (AvgIpc) is 2.12. The van der Waals surface area contributed by atoms with Crippen molar-refractivity contribution in [2.45, 2.75) is 6.42 Å². The Labute approximate surface area is 82.7 Å². The maximum absolute atomic E-state index is 12.7. The van der Waals surface area contributed by atoms with Crippen LogP contribution in [0.5, 0.6) is 5.75 Å². The van der Waals surface area contributed by atoms with Crippen LogP contribution in [-0.2, 0) is 0 Å². The Hall–Kier alpha value is -1.13. The summed E-state index contributed by atoms with van der Waals surface area (Å²) in [7, 11) is 1.57. The van der Waals surface area contributed by atoms with Gasteiger partial charge in [0.15, 0.2) is 0 Å². The maximum Gasteiger partial charge on any atom is 0.126 e. The van der Waals surface area contributed by atoms with Gasteiger partial charge in [0.05, 0.1) is 6.61 Å². The lowest BCUT2D eigenvalue weighted by Crippen LogP contribution is -2.16. The number of ether oxygens (including phenoxy) is 1. The molecule has 1 rings (SSSR count). The molecule has 0 saturated carbocycles. The molecule has 0 bridgehead atoms. The van der Waals surface area contributed by atoms with Crippen molar-refractivity contribution in [3.8, 4) is 5.75 Å². The zero-order valence-corrected chi connectivity index (χ0v) is 8.11. The van der Waals surface area contributed by atoms with Crippen LogP contribution in [0.25, 0.3) is 0 Å². The van der Waals surface area contributed by atoms with Crippen LogP contribution in [-0.4, -0.2) is 30.5 Å². The zero-order chi connectivity index (χ0) is 10.4. The highest BCUT2D eigenvalue weighted by molar-refractivity contribution is 5.22. The smallest absolute Gasteiger partial charge is 0.126 e. The van der Waals surface area contributed by atoms with E-state index in [-0.39, 0.29) is 5.82 Å². The number of benzene rings is 1. The Kier molecular flexibility index (Phi) is 4.35. The van der Waals surface area contributed by atoms with E-state index >= 15 is 0 Å². The summed E-state index contributed by atoms with van der Waals surface area (Å²) in [5.41, 5.74) is 0. The topological polar surface area (TPSA) is 32.7 Å². The minimum Gasteiger partial charge on any atom is -0.493 e. The second-order valence-electron chi connectivity index (χ2n) is 3.04. The highest BCUT2D eigenvalue weighted by Crippen LogP contribution is 2.11. The molecule has 0 atom stereocenters. The van der Waals surface area contributed by atoms with Gasteiger partial charge in [0.1, 0.15) is 11.6 Å². The lowest BCUT2D eigenvalue weighted by atomic mass is 10.3. The summed E-state index contributed by atoms with van der Waals surface area (Å²) in [4.78, 5) is 0. The number of hydrogen-bond donors (Lipinski definition) is 1. The van der Waals surface area contributed by atoms with Crippen molar-refractivity contribution >= 4 is 0 Å². The Bertz CT molecular complexity index is 279. The van der Waals surface area contributed by atoms with E-state index in [0.717, 1.165) is 5.06 Å². The number of hydrogen-bond acceptors (Lipinski definition) is 3. The van der Waals surface area contributed by atoms with Crippen molar-refractivity contribution in [1.82, 2.24) is 5.06 Å². The first-order chi connectivity index (χ1) is 6.68. The highest BCUT2D eigenvalue weighted by Gasteiger charge is 1.96. The number of hydroxylamine groups is 2. The van der Waals surface area contributed by atoms with Crippen LogP contribution in [0.1, 0.15) is 6.42 Å². The lowest BCUT2D eigenvalue weighted by Gasteiger charge is -2.08. The number of halogens is 1. The van der Waals surface area contributed by atoms with Gasteiger partial charge in [-0.25, -0.2) is 4.39 Å². The fourth-order valence-electron chi connectivity index (χ4n) is 1.04. The van der Waals surface area contributed by atoms with Gasteiger partial charge >= 0.3 is 0 Å². The molecule has 3 nitrogen and oxygen atoms in total. The second-order valence-corrected chi connectivity index (χ2v) is 3.04. The largest absolute Gasteiger partial charge is 0.493 e. The van der Waals surface area contributed by atoms with Gasteiger partial charge in [-0.05, 0) is 18.6 Å². The van der Waals surface area contributed by atoms with E-state index in [1.165, 1.54) is 12.1 Å². The Morgan fingerprint density at radius 1 is 1.50 bits per heavy atom. The monoisotopic (exact) mass is 199 g/mol. The molecule has 0 aromatic heterocycles. The first-order valence-corrected chi connectivity index (χ1v) is 4.47. The van der Waals surface area contributed by atoms with Crippen molar-refractivity contribution in [1.29, 1.82) is 0 Å². The fraction of sp³-hybridized carbons (Fsp3) is 0.400. The Morgan fingerprint density at radius 3 is 2.93 bits per heavy atom. The van der Waals surface area contributed by atoms with E-state index in [4.69, 9.17) is 9.94 Å². The van der Waals surface area contributed by atoms with Crippen LogP contribution in [0.3, 0.4) is 0 Å². The third kappa shape index (κ3) is 4.20. The van der Waals surface area contributed by atoms with Crippen LogP contribution in [0.15, 0.2) is 24.3 Å². The Balaban J connectivity index is 2.25. The summed E-state index contributed by atoms with van der Waals surface area (Å²) < 4.78 is 17.9. The van der Waals surface area contributed by atoms with Crippen molar-refractivity contribution in [3.63, 3.8) is 0 Å².